The molecule has 1 aromatic heterocycles. The van der Waals surface area contributed by atoms with Gasteiger partial charge in [-0.25, -0.2) is 0 Å². The molecule has 0 radical (unpaired) electrons. The van der Waals surface area contributed by atoms with Crippen molar-refractivity contribution in [3.63, 3.8) is 0 Å². The molecule has 0 amide bonds. The van der Waals surface area contributed by atoms with Crippen LogP contribution in [0.25, 0.3) is 10.9 Å². The molecule has 0 fully saturated rings. The van der Waals surface area contributed by atoms with Crippen LogP contribution in [0.5, 0.6) is 0 Å². The Labute approximate surface area is 121 Å². The first-order chi connectivity index (χ1) is 9.72. The number of pyridine rings is 1. The Balaban J connectivity index is 2.24. The van der Waals surface area contributed by atoms with Crippen molar-refractivity contribution >= 4 is 16.6 Å². The van der Waals surface area contributed by atoms with Crippen LogP contribution in [0, 0.1) is 13.8 Å². The van der Waals surface area contributed by atoms with Gasteiger partial charge in [0.1, 0.15) is 0 Å². The summed E-state index contributed by atoms with van der Waals surface area (Å²) >= 11 is 0. The molecule has 1 heterocycles. The highest BCUT2D eigenvalue weighted by Crippen LogP contribution is 2.34. The third-order valence-electron chi connectivity index (χ3n) is 4.52. The molecule has 2 aromatic rings. The lowest BCUT2D eigenvalue weighted by atomic mass is 9.89. The number of aryl methyl sites for hydroxylation is 3. The number of aromatic nitrogens is 1. The van der Waals surface area contributed by atoms with Gasteiger partial charge in [0, 0.05) is 23.3 Å². The maximum Gasteiger partial charge on any atom is 0.0760 e. The van der Waals surface area contributed by atoms with Crippen molar-refractivity contribution in [2.24, 2.45) is 0 Å². The van der Waals surface area contributed by atoms with E-state index in [2.05, 4.69) is 38.2 Å². The first-order valence-corrected chi connectivity index (χ1v) is 7.88. The van der Waals surface area contributed by atoms with Crippen molar-refractivity contribution < 1.29 is 0 Å². The molecule has 20 heavy (non-hydrogen) atoms. The van der Waals surface area contributed by atoms with Crippen LogP contribution in [-0.2, 0) is 12.8 Å². The van der Waals surface area contributed by atoms with Gasteiger partial charge >= 0.3 is 0 Å². The van der Waals surface area contributed by atoms with Crippen molar-refractivity contribution in [3.8, 4) is 0 Å². The van der Waals surface area contributed by atoms with Gasteiger partial charge in [-0.3, -0.25) is 4.98 Å². The van der Waals surface area contributed by atoms with Gasteiger partial charge in [0.05, 0.1) is 5.52 Å². The molecular weight excluding hydrogens is 244 g/mol. The van der Waals surface area contributed by atoms with Crippen molar-refractivity contribution in [1.29, 1.82) is 0 Å². The summed E-state index contributed by atoms with van der Waals surface area (Å²) in [6.45, 7) is 7.55. The molecule has 1 aliphatic carbocycles. The lowest BCUT2D eigenvalue weighted by Gasteiger charge is -2.21. The molecule has 0 saturated heterocycles. The number of hydrogen-bond acceptors (Lipinski definition) is 2. The van der Waals surface area contributed by atoms with E-state index in [0.29, 0.717) is 0 Å². The molecule has 1 N–H and O–H groups in total. The molecule has 2 heteroatoms. The summed E-state index contributed by atoms with van der Waals surface area (Å²) in [4.78, 5) is 4.92. The molecule has 0 unspecified atom stereocenters. The molecule has 0 aliphatic heterocycles. The molecule has 1 aromatic carbocycles. The molecule has 1 aliphatic rings. The molecule has 3 rings (SSSR count). The summed E-state index contributed by atoms with van der Waals surface area (Å²) in [5, 5.41) is 4.92. The predicted molar refractivity (Wildman–Crippen MR) is 86.6 cm³/mol. The Kier molecular flexibility index (Phi) is 3.64. The van der Waals surface area contributed by atoms with E-state index in [1.54, 1.807) is 0 Å². The van der Waals surface area contributed by atoms with Gasteiger partial charge in [-0.1, -0.05) is 19.1 Å². The Bertz CT molecular complexity index is 644. The number of nitrogens with zero attached hydrogens (tertiary/aromatic N) is 1. The normalized spacial score (nSPS) is 14.3. The monoisotopic (exact) mass is 268 g/mol. The first kappa shape index (κ1) is 13.4. The third-order valence-corrected chi connectivity index (χ3v) is 4.52. The second-order valence-electron chi connectivity index (χ2n) is 5.93. The number of nitrogens with one attached hydrogen (secondary N) is 1. The standard InChI is InChI=1S/C18H24N2/c1-4-11-19-17-12(2)13(3)20-18-15-8-6-5-7-14(15)9-10-16(17)18/h9-10H,4-8,11H2,1-3H3,(H,19,20). The van der Waals surface area contributed by atoms with E-state index in [1.165, 1.54) is 59.0 Å². The average Bonchev–Trinajstić information content (AvgIpc) is 2.48. The highest BCUT2D eigenvalue weighted by atomic mass is 14.9. The Morgan fingerprint density at radius 1 is 1.15 bits per heavy atom. The highest BCUT2D eigenvalue weighted by Gasteiger charge is 2.17. The smallest absolute Gasteiger partial charge is 0.0760 e. The zero-order valence-corrected chi connectivity index (χ0v) is 12.8. The van der Waals surface area contributed by atoms with Crippen molar-refractivity contribution in [2.45, 2.75) is 52.9 Å². The zero-order chi connectivity index (χ0) is 14.1. The van der Waals surface area contributed by atoms with Crippen molar-refractivity contribution in [3.05, 3.63) is 34.5 Å². The van der Waals surface area contributed by atoms with E-state index >= 15 is 0 Å². The molecule has 0 atom stereocenters. The summed E-state index contributed by atoms with van der Waals surface area (Å²) in [7, 11) is 0. The summed E-state index contributed by atoms with van der Waals surface area (Å²) < 4.78 is 0. The zero-order valence-electron chi connectivity index (χ0n) is 12.8. The number of benzene rings is 1. The van der Waals surface area contributed by atoms with Crippen molar-refractivity contribution in [1.82, 2.24) is 4.98 Å². The largest absolute Gasteiger partial charge is 0.384 e. The van der Waals surface area contributed by atoms with Crippen LogP contribution in [-0.4, -0.2) is 11.5 Å². The van der Waals surface area contributed by atoms with E-state index in [1.807, 2.05) is 0 Å². The fraction of sp³-hybridized carbons (Fsp3) is 0.500. The Hall–Kier alpha value is -1.57. The maximum atomic E-state index is 4.92. The van der Waals surface area contributed by atoms with Crippen LogP contribution in [0.2, 0.25) is 0 Å². The fourth-order valence-electron chi connectivity index (χ4n) is 3.25. The molecule has 2 nitrogen and oxygen atoms in total. The van der Waals surface area contributed by atoms with E-state index in [4.69, 9.17) is 4.98 Å². The lowest BCUT2D eigenvalue weighted by Crippen LogP contribution is -2.08. The molecule has 0 saturated carbocycles. The van der Waals surface area contributed by atoms with Crippen molar-refractivity contribution in [2.75, 3.05) is 11.9 Å². The average molecular weight is 268 g/mol. The fourth-order valence-corrected chi connectivity index (χ4v) is 3.25. The SMILES string of the molecule is CCCNc1c(C)c(C)nc2c3c(ccc12)CCCC3. The van der Waals surface area contributed by atoms with Crippen LogP contribution in [0.1, 0.15) is 48.6 Å². The van der Waals surface area contributed by atoms with E-state index in [9.17, 15) is 0 Å². The van der Waals surface area contributed by atoms with Crippen LogP contribution < -0.4 is 5.32 Å². The van der Waals surface area contributed by atoms with E-state index in [-0.39, 0.29) is 0 Å². The Morgan fingerprint density at radius 3 is 2.75 bits per heavy atom. The maximum absolute atomic E-state index is 4.92. The van der Waals surface area contributed by atoms with Gasteiger partial charge < -0.3 is 5.32 Å². The molecular formula is C18H24N2. The Morgan fingerprint density at radius 2 is 1.95 bits per heavy atom. The molecule has 0 bridgehead atoms. The summed E-state index contributed by atoms with van der Waals surface area (Å²) in [5.74, 6) is 0. The third kappa shape index (κ3) is 2.17. The van der Waals surface area contributed by atoms with Crippen LogP contribution in [0.3, 0.4) is 0 Å². The van der Waals surface area contributed by atoms with Gasteiger partial charge in [0.15, 0.2) is 0 Å². The minimum atomic E-state index is 1.02. The van der Waals surface area contributed by atoms with Gasteiger partial charge in [-0.15, -0.1) is 0 Å². The number of rotatable bonds is 3. The highest BCUT2D eigenvalue weighted by molar-refractivity contribution is 5.95. The van der Waals surface area contributed by atoms with Crippen LogP contribution in [0.4, 0.5) is 5.69 Å². The van der Waals surface area contributed by atoms with Crippen LogP contribution in [0.15, 0.2) is 12.1 Å². The summed E-state index contributed by atoms with van der Waals surface area (Å²) in [5.41, 5.74) is 8.00. The second-order valence-corrected chi connectivity index (χ2v) is 5.93. The minimum absolute atomic E-state index is 1.02. The first-order valence-electron chi connectivity index (χ1n) is 7.88. The number of hydrogen-bond donors (Lipinski definition) is 1. The summed E-state index contributed by atoms with van der Waals surface area (Å²) in [6.07, 6.45) is 6.18. The second kappa shape index (κ2) is 5.43. The topological polar surface area (TPSA) is 24.9 Å². The quantitative estimate of drug-likeness (QED) is 0.883. The summed E-state index contributed by atoms with van der Waals surface area (Å²) in [6, 6.07) is 4.60. The number of anilines is 1. The van der Waals surface area contributed by atoms with Crippen LogP contribution >= 0.6 is 0 Å². The van der Waals surface area contributed by atoms with E-state index < -0.39 is 0 Å². The predicted octanol–water partition coefficient (Wildman–Crippen LogP) is 4.55. The molecule has 106 valence electrons. The lowest BCUT2D eigenvalue weighted by molar-refractivity contribution is 0.689. The minimum Gasteiger partial charge on any atom is -0.384 e. The van der Waals surface area contributed by atoms with Gasteiger partial charge in [-0.2, -0.15) is 0 Å². The van der Waals surface area contributed by atoms with E-state index in [0.717, 1.165) is 18.7 Å². The molecule has 0 spiro atoms. The van der Waals surface area contributed by atoms with Gasteiger partial charge in [0.25, 0.3) is 0 Å². The van der Waals surface area contributed by atoms with Gasteiger partial charge in [-0.05, 0) is 62.6 Å². The van der Waals surface area contributed by atoms with Gasteiger partial charge in [0.2, 0.25) is 0 Å². The number of fused-ring (bicyclic) bond motifs is 3.